The smallest absolute Gasteiger partial charge is 0.0605 e. The van der Waals surface area contributed by atoms with Crippen molar-refractivity contribution in [2.45, 2.75) is 25.8 Å². The average molecular weight is 142 g/mol. The molecule has 1 aliphatic rings. The van der Waals surface area contributed by atoms with Gasteiger partial charge in [0.2, 0.25) is 0 Å². The van der Waals surface area contributed by atoms with Crippen molar-refractivity contribution >= 4 is 6.21 Å². The number of hydrogen-bond donors (Lipinski definition) is 2. The van der Waals surface area contributed by atoms with E-state index < -0.39 is 0 Å². The second-order valence-corrected chi connectivity index (χ2v) is 2.95. The number of rotatable bonds is 1. The zero-order chi connectivity index (χ0) is 7.40. The molecule has 1 aliphatic heterocycles. The summed E-state index contributed by atoms with van der Waals surface area (Å²) in [4.78, 5) is 0. The van der Waals surface area contributed by atoms with Crippen LogP contribution in [-0.4, -0.2) is 24.0 Å². The molecule has 0 amide bonds. The fourth-order valence-electron chi connectivity index (χ4n) is 1.34. The predicted octanol–water partition coefficient (Wildman–Crippen LogP) is 0.834. The molecule has 1 unspecified atom stereocenters. The van der Waals surface area contributed by atoms with E-state index in [9.17, 15) is 0 Å². The molecule has 3 nitrogen and oxygen atoms in total. The Labute approximate surface area is 61.1 Å². The topological polar surface area (TPSA) is 44.6 Å². The van der Waals surface area contributed by atoms with Gasteiger partial charge in [-0.05, 0) is 25.3 Å². The zero-order valence-corrected chi connectivity index (χ0v) is 6.25. The Morgan fingerprint density at radius 1 is 1.70 bits per heavy atom. The first-order valence-corrected chi connectivity index (χ1v) is 3.74. The van der Waals surface area contributed by atoms with Gasteiger partial charge in [0.1, 0.15) is 0 Å². The SMILES string of the molecule is CC1CCN[C@@H](C=NO)C1. The highest BCUT2D eigenvalue weighted by Gasteiger charge is 2.15. The molecule has 1 fully saturated rings. The van der Waals surface area contributed by atoms with E-state index >= 15 is 0 Å². The lowest BCUT2D eigenvalue weighted by atomic mass is 9.95. The van der Waals surface area contributed by atoms with Gasteiger partial charge in [0.05, 0.1) is 6.21 Å². The molecule has 1 rings (SSSR count). The van der Waals surface area contributed by atoms with E-state index in [4.69, 9.17) is 5.21 Å². The molecule has 0 saturated carbocycles. The largest absolute Gasteiger partial charge is 0.411 e. The summed E-state index contributed by atoms with van der Waals surface area (Å²) >= 11 is 0. The number of hydrogen-bond acceptors (Lipinski definition) is 3. The molecule has 0 spiro atoms. The molecule has 1 heterocycles. The van der Waals surface area contributed by atoms with Gasteiger partial charge in [0, 0.05) is 6.04 Å². The first-order chi connectivity index (χ1) is 4.83. The molecule has 3 heteroatoms. The molecule has 2 N–H and O–H groups in total. The summed E-state index contributed by atoms with van der Waals surface area (Å²) in [5, 5.41) is 14.5. The van der Waals surface area contributed by atoms with Crippen LogP contribution in [0.5, 0.6) is 0 Å². The Bertz CT molecular complexity index is 125. The molecule has 1 saturated heterocycles. The molecular formula is C7H14N2O. The highest BCUT2D eigenvalue weighted by molar-refractivity contribution is 5.63. The van der Waals surface area contributed by atoms with E-state index in [1.807, 2.05) is 0 Å². The first-order valence-electron chi connectivity index (χ1n) is 3.74. The lowest BCUT2D eigenvalue weighted by Gasteiger charge is -2.24. The minimum Gasteiger partial charge on any atom is -0.411 e. The molecule has 58 valence electrons. The Kier molecular flexibility index (Phi) is 2.68. The maximum absolute atomic E-state index is 8.23. The Balaban J connectivity index is 2.32. The maximum Gasteiger partial charge on any atom is 0.0605 e. The zero-order valence-electron chi connectivity index (χ0n) is 6.25. The van der Waals surface area contributed by atoms with Crippen LogP contribution in [0, 0.1) is 5.92 Å². The van der Waals surface area contributed by atoms with Crippen LogP contribution in [0.2, 0.25) is 0 Å². The summed E-state index contributed by atoms with van der Waals surface area (Å²) in [6, 6.07) is 0.286. The van der Waals surface area contributed by atoms with Crippen LogP contribution in [0.1, 0.15) is 19.8 Å². The van der Waals surface area contributed by atoms with Gasteiger partial charge in [-0.1, -0.05) is 6.92 Å². The summed E-state index contributed by atoms with van der Waals surface area (Å²) < 4.78 is 0. The van der Waals surface area contributed by atoms with Gasteiger partial charge in [-0.15, -0.1) is 5.16 Å². The van der Waals surface area contributed by atoms with E-state index in [1.54, 1.807) is 6.21 Å². The second kappa shape index (κ2) is 3.56. The van der Waals surface area contributed by atoms with Gasteiger partial charge < -0.3 is 10.5 Å². The number of piperidine rings is 1. The average Bonchev–Trinajstić information content (AvgIpc) is 1.88. The first kappa shape index (κ1) is 7.54. The van der Waals surface area contributed by atoms with Crippen molar-refractivity contribution in [3.63, 3.8) is 0 Å². The lowest BCUT2D eigenvalue weighted by molar-refractivity contribution is 0.311. The van der Waals surface area contributed by atoms with Gasteiger partial charge in [-0.2, -0.15) is 0 Å². The van der Waals surface area contributed by atoms with Crippen LogP contribution in [0.25, 0.3) is 0 Å². The number of oxime groups is 1. The van der Waals surface area contributed by atoms with Crippen molar-refractivity contribution in [1.29, 1.82) is 0 Å². The van der Waals surface area contributed by atoms with Gasteiger partial charge in [-0.25, -0.2) is 0 Å². The Morgan fingerprint density at radius 3 is 3.10 bits per heavy atom. The molecule has 0 bridgehead atoms. The van der Waals surface area contributed by atoms with E-state index in [0.717, 1.165) is 18.9 Å². The quantitative estimate of drug-likeness (QED) is 0.323. The van der Waals surface area contributed by atoms with Crippen molar-refractivity contribution in [2.24, 2.45) is 11.1 Å². The third-order valence-electron chi connectivity index (χ3n) is 1.95. The Hall–Kier alpha value is -0.570. The van der Waals surface area contributed by atoms with E-state index in [2.05, 4.69) is 17.4 Å². The molecule has 0 aromatic rings. The van der Waals surface area contributed by atoms with Crippen LogP contribution in [-0.2, 0) is 0 Å². The summed E-state index contributed by atoms with van der Waals surface area (Å²) in [5.74, 6) is 0.754. The van der Waals surface area contributed by atoms with Crippen molar-refractivity contribution in [1.82, 2.24) is 5.32 Å². The second-order valence-electron chi connectivity index (χ2n) is 2.95. The molecule has 10 heavy (non-hydrogen) atoms. The van der Waals surface area contributed by atoms with E-state index in [0.29, 0.717) is 0 Å². The highest BCUT2D eigenvalue weighted by Crippen LogP contribution is 2.13. The van der Waals surface area contributed by atoms with Gasteiger partial charge in [-0.3, -0.25) is 0 Å². The van der Waals surface area contributed by atoms with E-state index in [-0.39, 0.29) is 6.04 Å². The Morgan fingerprint density at radius 2 is 2.50 bits per heavy atom. The van der Waals surface area contributed by atoms with Crippen molar-refractivity contribution in [3.05, 3.63) is 0 Å². The van der Waals surface area contributed by atoms with E-state index in [1.165, 1.54) is 6.42 Å². The molecule has 0 radical (unpaired) electrons. The normalized spacial score (nSPS) is 34.9. The minimum atomic E-state index is 0.286. The fourth-order valence-corrected chi connectivity index (χ4v) is 1.34. The van der Waals surface area contributed by atoms with Crippen LogP contribution in [0.4, 0.5) is 0 Å². The third kappa shape index (κ3) is 1.99. The van der Waals surface area contributed by atoms with Gasteiger partial charge in [0.25, 0.3) is 0 Å². The molecular weight excluding hydrogens is 128 g/mol. The molecule has 0 aromatic heterocycles. The van der Waals surface area contributed by atoms with Crippen LogP contribution >= 0.6 is 0 Å². The van der Waals surface area contributed by atoms with Crippen molar-refractivity contribution in [2.75, 3.05) is 6.54 Å². The van der Waals surface area contributed by atoms with Crippen LogP contribution in [0.3, 0.4) is 0 Å². The standard InChI is InChI=1S/C7H14N2O/c1-6-2-3-8-7(4-6)5-9-10/h5-8,10H,2-4H2,1H3/t6?,7-/m1/s1. The summed E-state index contributed by atoms with van der Waals surface area (Å²) in [7, 11) is 0. The monoisotopic (exact) mass is 142 g/mol. The van der Waals surface area contributed by atoms with Gasteiger partial charge in [0.15, 0.2) is 0 Å². The van der Waals surface area contributed by atoms with Crippen molar-refractivity contribution < 1.29 is 5.21 Å². The fraction of sp³-hybridized carbons (Fsp3) is 0.857. The van der Waals surface area contributed by atoms with Gasteiger partial charge >= 0.3 is 0 Å². The summed E-state index contributed by atoms with van der Waals surface area (Å²) in [5.41, 5.74) is 0. The summed E-state index contributed by atoms with van der Waals surface area (Å²) in [6.45, 7) is 3.26. The van der Waals surface area contributed by atoms with Crippen molar-refractivity contribution in [3.8, 4) is 0 Å². The number of nitrogens with zero attached hydrogens (tertiary/aromatic N) is 1. The maximum atomic E-state index is 8.23. The minimum absolute atomic E-state index is 0.286. The predicted molar refractivity (Wildman–Crippen MR) is 40.5 cm³/mol. The summed E-state index contributed by atoms with van der Waals surface area (Å²) in [6.07, 6.45) is 3.88. The lowest BCUT2D eigenvalue weighted by Crippen LogP contribution is -2.38. The third-order valence-corrected chi connectivity index (χ3v) is 1.95. The molecule has 0 aromatic carbocycles. The molecule has 0 aliphatic carbocycles. The number of nitrogens with one attached hydrogen (secondary N) is 1. The van der Waals surface area contributed by atoms with Crippen LogP contribution in [0.15, 0.2) is 5.16 Å². The highest BCUT2D eigenvalue weighted by atomic mass is 16.4. The molecule has 2 atom stereocenters. The van der Waals surface area contributed by atoms with Crippen LogP contribution < -0.4 is 5.32 Å².